The molecule has 0 aromatic heterocycles. The summed E-state index contributed by atoms with van der Waals surface area (Å²) in [7, 11) is 0. The highest BCUT2D eigenvalue weighted by Crippen LogP contribution is 2.16. The lowest BCUT2D eigenvalue weighted by Crippen LogP contribution is -2.39. The van der Waals surface area contributed by atoms with Crippen molar-refractivity contribution in [2.75, 3.05) is 6.54 Å². The van der Waals surface area contributed by atoms with Crippen LogP contribution in [0.15, 0.2) is 18.2 Å². The van der Waals surface area contributed by atoms with E-state index in [9.17, 15) is 9.18 Å². The molecular formula is C12H14ClFN2O. The zero-order valence-corrected chi connectivity index (χ0v) is 10.1. The summed E-state index contributed by atoms with van der Waals surface area (Å²) in [6.07, 6.45) is 1.90. The Morgan fingerprint density at radius 2 is 2.41 bits per heavy atom. The quantitative estimate of drug-likeness (QED) is 0.867. The molecule has 1 aliphatic heterocycles. The number of rotatable bonds is 3. The predicted molar refractivity (Wildman–Crippen MR) is 64.3 cm³/mol. The highest BCUT2D eigenvalue weighted by Gasteiger charge is 2.21. The van der Waals surface area contributed by atoms with E-state index in [-0.39, 0.29) is 17.0 Å². The van der Waals surface area contributed by atoms with E-state index < -0.39 is 5.82 Å². The van der Waals surface area contributed by atoms with Crippen molar-refractivity contribution >= 4 is 17.5 Å². The Morgan fingerprint density at radius 3 is 3.06 bits per heavy atom. The molecule has 0 aliphatic carbocycles. The first kappa shape index (κ1) is 12.3. The smallest absolute Gasteiger partial charge is 0.237 e. The van der Waals surface area contributed by atoms with E-state index in [2.05, 4.69) is 10.6 Å². The third-order valence-corrected chi connectivity index (χ3v) is 3.12. The lowest BCUT2D eigenvalue weighted by molar-refractivity contribution is -0.122. The van der Waals surface area contributed by atoms with Crippen molar-refractivity contribution < 1.29 is 9.18 Å². The summed E-state index contributed by atoms with van der Waals surface area (Å²) in [6, 6.07) is 4.35. The van der Waals surface area contributed by atoms with Crippen LogP contribution in [0, 0.1) is 5.82 Å². The zero-order valence-electron chi connectivity index (χ0n) is 9.30. The van der Waals surface area contributed by atoms with Crippen molar-refractivity contribution in [2.45, 2.75) is 25.4 Å². The molecule has 1 aliphatic rings. The van der Waals surface area contributed by atoms with E-state index in [1.807, 2.05) is 0 Å². The number of hydrogen-bond donors (Lipinski definition) is 2. The summed E-state index contributed by atoms with van der Waals surface area (Å²) in [6.45, 7) is 1.26. The van der Waals surface area contributed by atoms with Gasteiger partial charge in [-0.2, -0.15) is 0 Å². The first-order valence-electron chi connectivity index (χ1n) is 5.62. The van der Waals surface area contributed by atoms with E-state index >= 15 is 0 Å². The van der Waals surface area contributed by atoms with E-state index in [1.54, 1.807) is 6.07 Å². The fourth-order valence-corrected chi connectivity index (χ4v) is 2.07. The lowest BCUT2D eigenvalue weighted by Gasteiger charge is -2.11. The number of nitrogens with one attached hydrogen (secondary N) is 2. The van der Waals surface area contributed by atoms with Gasteiger partial charge in [0.05, 0.1) is 11.1 Å². The molecule has 1 aromatic carbocycles. The number of carbonyl (C=O) groups is 1. The van der Waals surface area contributed by atoms with Crippen molar-refractivity contribution in [1.82, 2.24) is 10.6 Å². The van der Waals surface area contributed by atoms with Crippen LogP contribution < -0.4 is 10.6 Å². The molecule has 1 atom stereocenters. The molecule has 1 fully saturated rings. The number of amides is 1. The van der Waals surface area contributed by atoms with Crippen molar-refractivity contribution in [1.29, 1.82) is 0 Å². The molecule has 0 saturated carbocycles. The van der Waals surface area contributed by atoms with E-state index in [1.165, 1.54) is 12.1 Å². The molecule has 0 radical (unpaired) electrons. The molecule has 1 heterocycles. The predicted octanol–water partition coefficient (Wildman–Crippen LogP) is 1.85. The summed E-state index contributed by atoms with van der Waals surface area (Å²) < 4.78 is 12.9. The molecule has 1 amide bonds. The Kier molecular flexibility index (Phi) is 3.97. The van der Waals surface area contributed by atoms with Gasteiger partial charge in [-0.1, -0.05) is 17.7 Å². The van der Waals surface area contributed by atoms with Gasteiger partial charge in [-0.3, -0.25) is 4.79 Å². The van der Waals surface area contributed by atoms with Gasteiger partial charge in [-0.15, -0.1) is 0 Å². The van der Waals surface area contributed by atoms with Gasteiger partial charge in [-0.25, -0.2) is 4.39 Å². The van der Waals surface area contributed by atoms with Gasteiger partial charge in [0.1, 0.15) is 5.82 Å². The molecule has 2 N–H and O–H groups in total. The van der Waals surface area contributed by atoms with Gasteiger partial charge in [0.15, 0.2) is 0 Å². The van der Waals surface area contributed by atoms with Gasteiger partial charge in [-0.05, 0) is 37.1 Å². The Bertz CT molecular complexity index is 419. The lowest BCUT2D eigenvalue weighted by atomic mass is 10.2. The third-order valence-electron chi connectivity index (χ3n) is 2.83. The van der Waals surface area contributed by atoms with Crippen molar-refractivity contribution in [3.63, 3.8) is 0 Å². The van der Waals surface area contributed by atoms with Crippen molar-refractivity contribution in [3.8, 4) is 0 Å². The summed E-state index contributed by atoms with van der Waals surface area (Å²) in [5.74, 6) is -0.456. The van der Waals surface area contributed by atoms with Crippen LogP contribution in [0.5, 0.6) is 0 Å². The second-order valence-electron chi connectivity index (χ2n) is 4.12. The molecular weight excluding hydrogens is 243 g/mol. The minimum absolute atomic E-state index is 0.0112. The Balaban J connectivity index is 1.88. The fourth-order valence-electron chi connectivity index (χ4n) is 1.87. The molecule has 1 aromatic rings. The third kappa shape index (κ3) is 3.17. The molecule has 0 bridgehead atoms. The summed E-state index contributed by atoms with van der Waals surface area (Å²) in [5.41, 5.74) is 0.794. The SMILES string of the molecule is O=C(NCc1ccc(F)c(Cl)c1)[C@H]1CCCN1. The average Bonchev–Trinajstić information content (AvgIpc) is 2.84. The molecule has 0 spiro atoms. The highest BCUT2D eigenvalue weighted by molar-refractivity contribution is 6.30. The van der Waals surface area contributed by atoms with Crippen molar-refractivity contribution in [3.05, 3.63) is 34.6 Å². The van der Waals surface area contributed by atoms with E-state index in [4.69, 9.17) is 11.6 Å². The van der Waals surface area contributed by atoms with Gasteiger partial charge < -0.3 is 10.6 Å². The molecule has 2 rings (SSSR count). The maximum atomic E-state index is 12.9. The Morgan fingerprint density at radius 1 is 1.59 bits per heavy atom. The topological polar surface area (TPSA) is 41.1 Å². The summed E-state index contributed by atoms with van der Waals surface area (Å²) in [5, 5.41) is 6.00. The van der Waals surface area contributed by atoms with Crippen LogP contribution in [0.1, 0.15) is 18.4 Å². The van der Waals surface area contributed by atoms with Gasteiger partial charge in [0.25, 0.3) is 0 Å². The summed E-state index contributed by atoms with van der Waals surface area (Å²) >= 11 is 5.66. The first-order chi connectivity index (χ1) is 8.16. The number of hydrogen-bond acceptors (Lipinski definition) is 2. The van der Waals surface area contributed by atoms with Crippen LogP contribution in [0.25, 0.3) is 0 Å². The average molecular weight is 257 g/mol. The van der Waals surface area contributed by atoms with Gasteiger partial charge in [0.2, 0.25) is 5.91 Å². The van der Waals surface area contributed by atoms with Crippen LogP contribution >= 0.6 is 11.6 Å². The fraction of sp³-hybridized carbons (Fsp3) is 0.417. The standard InChI is InChI=1S/C12H14ClFN2O/c13-9-6-8(3-4-10(9)14)7-16-12(17)11-2-1-5-15-11/h3-4,6,11,15H,1-2,5,7H2,(H,16,17)/t11-/m1/s1. The van der Waals surface area contributed by atoms with Crippen LogP contribution in [-0.4, -0.2) is 18.5 Å². The van der Waals surface area contributed by atoms with Crippen LogP contribution in [0.3, 0.4) is 0 Å². The highest BCUT2D eigenvalue weighted by atomic mass is 35.5. The van der Waals surface area contributed by atoms with Crippen LogP contribution in [0.2, 0.25) is 5.02 Å². The van der Waals surface area contributed by atoms with Crippen LogP contribution in [0.4, 0.5) is 4.39 Å². The van der Waals surface area contributed by atoms with Crippen LogP contribution in [-0.2, 0) is 11.3 Å². The number of halogens is 2. The second-order valence-corrected chi connectivity index (χ2v) is 4.52. The normalized spacial score (nSPS) is 19.3. The van der Waals surface area contributed by atoms with E-state index in [0.29, 0.717) is 6.54 Å². The molecule has 17 heavy (non-hydrogen) atoms. The zero-order chi connectivity index (χ0) is 12.3. The maximum absolute atomic E-state index is 12.9. The number of carbonyl (C=O) groups excluding carboxylic acids is 1. The first-order valence-corrected chi connectivity index (χ1v) is 5.99. The van der Waals surface area contributed by atoms with Gasteiger partial charge >= 0.3 is 0 Å². The largest absolute Gasteiger partial charge is 0.351 e. The second kappa shape index (κ2) is 5.47. The van der Waals surface area contributed by atoms with E-state index in [0.717, 1.165) is 24.9 Å². The summed E-state index contributed by atoms with van der Waals surface area (Å²) in [4.78, 5) is 11.7. The molecule has 0 unspecified atom stereocenters. The molecule has 3 nitrogen and oxygen atoms in total. The maximum Gasteiger partial charge on any atom is 0.237 e. The minimum Gasteiger partial charge on any atom is -0.351 e. The molecule has 5 heteroatoms. The molecule has 1 saturated heterocycles. The Hall–Kier alpha value is -1.13. The molecule has 92 valence electrons. The van der Waals surface area contributed by atoms with Crippen molar-refractivity contribution in [2.24, 2.45) is 0 Å². The van der Waals surface area contributed by atoms with Gasteiger partial charge in [0, 0.05) is 6.54 Å². The number of benzene rings is 1. The monoisotopic (exact) mass is 256 g/mol. The minimum atomic E-state index is -0.445. The Labute approximate surface area is 104 Å².